The third kappa shape index (κ3) is 3.52. The third-order valence-corrected chi connectivity index (χ3v) is 6.37. The van der Waals surface area contributed by atoms with Crippen molar-refractivity contribution in [2.45, 2.75) is 37.0 Å². The van der Waals surface area contributed by atoms with Crippen molar-refractivity contribution in [3.8, 4) is 5.75 Å². The largest absolute Gasteiger partial charge is 0.496 e. The fourth-order valence-corrected chi connectivity index (χ4v) is 4.46. The monoisotopic (exact) mass is 331 g/mol. The van der Waals surface area contributed by atoms with Gasteiger partial charge < -0.3 is 4.74 Å². The molecule has 0 radical (unpaired) electrons. The summed E-state index contributed by atoms with van der Waals surface area (Å²) in [7, 11) is -1.88. The van der Waals surface area contributed by atoms with Gasteiger partial charge in [-0.1, -0.05) is 13.3 Å². The Balaban J connectivity index is 2.24. The highest BCUT2D eigenvalue weighted by Gasteiger charge is 2.29. The van der Waals surface area contributed by atoms with Crippen LogP contribution in [0, 0.1) is 5.92 Å². The summed E-state index contributed by atoms with van der Waals surface area (Å²) in [5, 5.41) is 0. The molecule has 118 valence electrons. The SMILES string of the molecule is CCC1CCN(S(=O)(=O)c2ccc(OC)c(CCl)c2)CC1. The molecule has 1 aromatic rings. The van der Waals surface area contributed by atoms with E-state index in [2.05, 4.69) is 6.92 Å². The van der Waals surface area contributed by atoms with Gasteiger partial charge in [0, 0.05) is 18.7 Å². The molecule has 1 aliphatic rings. The molecule has 1 aliphatic heterocycles. The van der Waals surface area contributed by atoms with E-state index in [1.165, 1.54) is 0 Å². The zero-order valence-electron chi connectivity index (χ0n) is 12.5. The number of alkyl halides is 1. The molecule has 21 heavy (non-hydrogen) atoms. The van der Waals surface area contributed by atoms with E-state index in [0.717, 1.165) is 19.3 Å². The van der Waals surface area contributed by atoms with E-state index in [-0.39, 0.29) is 5.88 Å². The van der Waals surface area contributed by atoms with Crippen LogP contribution in [0.5, 0.6) is 5.75 Å². The minimum absolute atomic E-state index is 0.227. The number of benzene rings is 1. The topological polar surface area (TPSA) is 46.6 Å². The number of ether oxygens (including phenoxy) is 1. The van der Waals surface area contributed by atoms with Crippen LogP contribution in [0.2, 0.25) is 0 Å². The van der Waals surface area contributed by atoms with Crippen LogP contribution in [0.1, 0.15) is 31.7 Å². The molecule has 1 heterocycles. The Morgan fingerprint density at radius 3 is 2.52 bits per heavy atom. The van der Waals surface area contributed by atoms with E-state index in [4.69, 9.17) is 16.3 Å². The van der Waals surface area contributed by atoms with E-state index >= 15 is 0 Å². The van der Waals surface area contributed by atoms with Gasteiger partial charge in [0.15, 0.2) is 0 Å². The number of hydrogen-bond acceptors (Lipinski definition) is 3. The van der Waals surface area contributed by atoms with Gasteiger partial charge in [-0.2, -0.15) is 4.31 Å². The normalized spacial score (nSPS) is 17.9. The summed E-state index contributed by atoms with van der Waals surface area (Å²) in [6, 6.07) is 4.88. The average molecular weight is 332 g/mol. The minimum atomic E-state index is -3.43. The first-order chi connectivity index (χ1) is 10.0. The second-order valence-corrected chi connectivity index (χ2v) is 7.57. The molecule has 0 aromatic heterocycles. The summed E-state index contributed by atoms with van der Waals surface area (Å²) >= 11 is 5.87. The van der Waals surface area contributed by atoms with Crippen LogP contribution >= 0.6 is 11.6 Å². The van der Waals surface area contributed by atoms with Crippen LogP contribution in [0.25, 0.3) is 0 Å². The van der Waals surface area contributed by atoms with Gasteiger partial charge in [-0.15, -0.1) is 11.6 Å². The Labute approximate surface area is 132 Å². The average Bonchev–Trinajstić information content (AvgIpc) is 2.54. The highest BCUT2D eigenvalue weighted by atomic mass is 35.5. The number of piperidine rings is 1. The van der Waals surface area contributed by atoms with Crippen LogP contribution in [-0.2, 0) is 15.9 Å². The molecular weight excluding hydrogens is 310 g/mol. The predicted octanol–water partition coefficient (Wildman–Crippen LogP) is 3.24. The van der Waals surface area contributed by atoms with Crippen molar-refractivity contribution in [1.29, 1.82) is 0 Å². The lowest BCUT2D eigenvalue weighted by molar-refractivity contribution is 0.269. The molecule has 0 amide bonds. The van der Waals surface area contributed by atoms with Crippen LogP contribution in [0.15, 0.2) is 23.1 Å². The summed E-state index contributed by atoms with van der Waals surface area (Å²) in [5.41, 5.74) is 0.698. The Hall–Kier alpha value is -0.780. The maximum Gasteiger partial charge on any atom is 0.243 e. The van der Waals surface area contributed by atoms with Crippen molar-refractivity contribution in [3.63, 3.8) is 0 Å². The number of methoxy groups -OCH3 is 1. The van der Waals surface area contributed by atoms with Crippen molar-refractivity contribution >= 4 is 21.6 Å². The maximum atomic E-state index is 12.7. The highest BCUT2D eigenvalue weighted by molar-refractivity contribution is 7.89. The Bertz CT molecular complexity index is 581. The van der Waals surface area contributed by atoms with Crippen molar-refractivity contribution in [2.75, 3.05) is 20.2 Å². The lowest BCUT2D eigenvalue weighted by atomic mass is 9.96. The van der Waals surface area contributed by atoms with Gasteiger partial charge in [-0.25, -0.2) is 8.42 Å². The van der Waals surface area contributed by atoms with Crippen molar-refractivity contribution in [2.24, 2.45) is 5.92 Å². The molecule has 0 unspecified atom stereocenters. The van der Waals surface area contributed by atoms with Crippen molar-refractivity contribution in [3.05, 3.63) is 23.8 Å². The van der Waals surface area contributed by atoms with Gasteiger partial charge in [-0.05, 0) is 37.0 Å². The van der Waals surface area contributed by atoms with E-state index in [1.807, 2.05) is 0 Å². The van der Waals surface area contributed by atoms with E-state index in [1.54, 1.807) is 29.6 Å². The first kappa shape index (κ1) is 16.6. The molecule has 2 rings (SSSR count). The molecule has 0 atom stereocenters. The van der Waals surface area contributed by atoms with E-state index < -0.39 is 10.0 Å². The molecule has 1 saturated heterocycles. The molecule has 0 spiro atoms. The van der Waals surface area contributed by atoms with Crippen molar-refractivity contribution in [1.82, 2.24) is 4.31 Å². The lowest BCUT2D eigenvalue weighted by Gasteiger charge is -2.30. The molecule has 0 saturated carbocycles. The molecule has 4 nitrogen and oxygen atoms in total. The maximum absolute atomic E-state index is 12.7. The standard InChI is InChI=1S/C15H22ClNO3S/c1-3-12-6-8-17(9-7-12)21(18,19)14-4-5-15(20-2)13(10-14)11-16/h4-5,10,12H,3,6-9,11H2,1-2H3. The number of hydrogen-bond donors (Lipinski definition) is 0. The van der Waals surface area contributed by atoms with Crippen molar-refractivity contribution < 1.29 is 13.2 Å². The number of nitrogens with zero attached hydrogens (tertiary/aromatic N) is 1. The summed E-state index contributed by atoms with van der Waals surface area (Å²) < 4.78 is 32.2. The van der Waals surface area contributed by atoms with Crippen LogP contribution in [0.4, 0.5) is 0 Å². The number of sulfonamides is 1. The first-order valence-corrected chi connectivity index (χ1v) is 9.23. The van der Waals surface area contributed by atoms with Gasteiger partial charge in [0.1, 0.15) is 5.75 Å². The summed E-state index contributed by atoms with van der Waals surface area (Å²) in [4.78, 5) is 0.300. The molecule has 1 aromatic carbocycles. The molecule has 0 aliphatic carbocycles. The summed E-state index contributed by atoms with van der Waals surface area (Å²) in [6.07, 6.45) is 3.00. The minimum Gasteiger partial charge on any atom is -0.496 e. The lowest BCUT2D eigenvalue weighted by Crippen LogP contribution is -2.38. The molecular formula is C15H22ClNO3S. The van der Waals surface area contributed by atoms with Crippen LogP contribution in [-0.4, -0.2) is 32.9 Å². The van der Waals surface area contributed by atoms with E-state index in [9.17, 15) is 8.42 Å². The predicted molar refractivity (Wildman–Crippen MR) is 84.3 cm³/mol. The van der Waals surface area contributed by atoms with Gasteiger partial charge in [0.2, 0.25) is 10.0 Å². The zero-order chi connectivity index (χ0) is 15.5. The second-order valence-electron chi connectivity index (χ2n) is 5.36. The second kappa shape index (κ2) is 6.99. The van der Waals surface area contributed by atoms with E-state index in [0.29, 0.717) is 35.2 Å². The molecule has 1 fully saturated rings. The Morgan fingerprint density at radius 1 is 1.33 bits per heavy atom. The number of rotatable bonds is 5. The van der Waals surface area contributed by atoms with Gasteiger partial charge in [0.25, 0.3) is 0 Å². The van der Waals surface area contributed by atoms with Gasteiger partial charge >= 0.3 is 0 Å². The Kier molecular flexibility index (Phi) is 5.52. The highest BCUT2D eigenvalue weighted by Crippen LogP contribution is 2.28. The van der Waals surface area contributed by atoms with Crippen LogP contribution in [0.3, 0.4) is 0 Å². The molecule has 0 bridgehead atoms. The van der Waals surface area contributed by atoms with Gasteiger partial charge in [0.05, 0.1) is 17.9 Å². The third-order valence-electron chi connectivity index (χ3n) is 4.18. The van der Waals surface area contributed by atoms with Gasteiger partial charge in [-0.3, -0.25) is 0 Å². The fourth-order valence-electron chi connectivity index (χ4n) is 2.73. The first-order valence-electron chi connectivity index (χ1n) is 7.26. The summed E-state index contributed by atoms with van der Waals surface area (Å²) in [5.74, 6) is 1.49. The fraction of sp³-hybridized carbons (Fsp3) is 0.600. The summed E-state index contributed by atoms with van der Waals surface area (Å²) in [6.45, 7) is 3.36. The molecule has 6 heteroatoms. The quantitative estimate of drug-likeness (QED) is 0.778. The zero-order valence-corrected chi connectivity index (χ0v) is 14.1. The smallest absolute Gasteiger partial charge is 0.243 e. The number of halogens is 1. The molecule has 0 N–H and O–H groups in total. The van der Waals surface area contributed by atoms with Crippen LogP contribution < -0.4 is 4.74 Å². The Morgan fingerprint density at radius 2 is 2.00 bits per heavy atom.